The number of rotatable bonds is 6. The van der Waals surface area contributed by atoms with E-state index in [4.69, 9.17) is 5.11 Å². The van der Waals surface area contributed by atoms with Crippen molar-refractivity contribution in [2.24, 2.45) is 0 Å². The molecule has 3 N–H and O–H groups in total. The van der Waals surface area contributed by atoms with Crippen LogP contribution in [0.2, 0.25) is 0 Å². The fraction of sp³-hybridized carbons (Fsp3) is 0.929. The van der Waals surface area contributed by atoms with Gasteiger partial charge in [0.25, 0.3) is 0 Å². The summed E-state index contributed by atoms with van der Waals surface area (Å²) in [5, 5.41) is 15.1. The zero-order chi connectivity index (χ0) is 13.7. The number of urea groups is 1. The predicted octanol–water partition coefficient (Wildman–Crippen LogP) is 1.07. The number of β-amino-alcohol motifs (C(OH)–C–C–N with tert-alkyl or cyclic N) is 1. The molecule has 2 rings (SSSR count). The van der Waals surface area contributed by atoms with Crippen molar-refractivity contribution in [3.63, 3.8) is 0 Å². The van der Waals surface area contributed by atoms with Crippen molar-refractivity contribution < 1.29 is 9.90 Å². The van der Waals surface area contributed by atoms with Crippen LogP contribution in [0, 0.1) is 0 Å². The van der Waals surface area contributed by atoms with E-state index in [1.807, 2.05) is 0 Å². The fourth-order valence-electron chi connectivity index (χ4n) is 3.00. The molecule has 0 aromatic rings. The Balaban J connectivity index is 1.86. The molecule has 2 aliphatic carbocycles. The minimum absolute atomic E-state index is 0.0296. The third-order valence-corrected chi connectivity index (χ3v) is 4.52. The Morgan fingerprint density at radius 1 is 1.32 bits per heavy atom. The molecule has 0 bridgehead atoms. The number of carbonyl (C=O) groups excluding carboxylic acids is 1. The van der Waals surface area contributed by atoms with Crippen LogP contribution in [-0.4, -0.2) is 54.4 Å². The quantitative estimate of drug-likeness (QED) is 0.676. The third-order valence-electron chi connectivity index (χ3n) is 4.52. The Hall–Kier alpha value is -0.810. The topological polar surface area (TPSA) is 64.6 Å². The largest absolute Gasteiger partial charge is 0.395 e. The molecule has 2 saturated carbocycles. The monoisotopic (exact) mass is 269 g/mol. The van der Waals surface area contributed by atoms with E-state index in [9.17, 15) is 4.79 Å². The van der Waals surface area contributed by atoms with Gasteiger partial charge in [0.05, 0.1) is 6.61 Å². The molecule has 2 amide bonds. The number of aliphatic hydroxyl groups excluding tert-OH is 1. The van der Waals surface area contributed by atoms with Gasteiger partial charge in [-0.25, -0.2) is 4.79 Å². The van der Waals surface area contributed by atoms with Gasteiger partial charge in [-0.05, 0) is 32.7 Å². The number of aliphatic hydroxyl groups is 1. The van der Waals surface area contributed by atoms with Gasteiger partial charge in [-0.15, -0.1) is 0 Å². The van der Waals surface area contributed by atoms with Crippen LogP contribution in [0.3, 0.4) is 0 Å². The summed E-state index contributed by atoms with van der Waals surface area (Å²) in [6.07, 6.45) is 8.14. The van der Waals surface area contributed by atoms with Crippen molar-refractivity contribution in [3.8, 4) is 0 Å². The number of likely N-dealkylation sites (N-methyl/N-ethyl adjacent to an activating group) is 1. The van der Waals surface area contributed by atoms with Crippen molar-refractivity contribution in [1.29, 1.82) is 0 Å². The maximum absolute atomic E-state index is 11.8. The Labute approximate surface area is 115 Å². The number of amides is 2. The maximum Gasteiger partial charge on any atom is 0.315 e. The van der Waals surface area contributed by atoms with Gasteiger partial charge in [0, 0.05) is 24.7 Å². The van der Waals surface area contributed by atoms with Gasteiger partial charge >= 0.3 is 6.03 Å². The van der Waals surface area contributed by atoms with E-state index in [0.717, 1.165) is 25.7 Å². The number of hydrogen-bond acceptors (Lipinski definition) is 3. The third kappa shape index (κ3) is 4.08. The second kappa shape index (κ2) is 6.57. The number of nitrogens with one attached hydrogen (secondary N) is 2. The van der Waals surface area contributed by atoms with Crippen molar-refractivity contribution in [2.45, 2.75) is 56.5 Å². The lowest BCUT2D eigenvalue weighted by Crippen LogP contribution is -2.57. The lowest BCUT2D eigenvalue weighted by atomic mass is 9.80. The van der Waals surface area contributed by atoms with Crippen molar-refractivity contribution in [1.82, 2.24) is 15.5 Å². The average Bonchev–Trinajstić information content (AvgIpc) is 3.22. The number of hydrogen-bond donors (Lipinski definition) is 3. The molecule has 0 unspecified atom stereocenters. The highest BCUT2D eigenvalue weighted by molar-refractivity contribution is 5.74. The van der Waals surface area contributed by atoms with Gasteiger partial charge < -0.3 is 15.7 Å². The molecule has 0 aromatic heterocycles. The van der Waals surface area contributed by atoms with Gasteiger partial charge in [-0.3, -0.25) is 4.90 Å². The van der Waals surface area contributed by atoms with Crippen molar-refractivity contribution in [2.75, 3.05) is 26.7 Å². The van der Waals surface area contributed by atoms with Crippen LogP contribution < -0.4 is 10.6 Å². The van der Waals surface area contributed by atoms with Crippen molar-refractivity contribution >= 4 is 6.03 Å². The summed E-state index contributed by atoms with van der Waals surface area (Å²) >= 11 is 0. The van der Waals surface area contributed by atoms with Gasteiger partial charge in [-0.2, -0.15) is 0 Å². The normalized spacial score (nSPS) is 22.3. The molecule has 0 aliphatic heterocycles. The Bertz CT molecular complexity index is 299. The summed E-state index contributed by atoms with van der Waals surface area (Å²) in [6, 6.07) is 0.363. The lowest BCUT2D eigenvalue weighted by Gasteiger charge is -2.44. The molecule has 5 nitrogen and oxygen atoms in total. The van der Waals surface area contributed by atoms with Gasteiger partial charge in [0.15, 0.2) is 0 Å². The second-order valence-electron chi connectivity index (χ2n) is 6.03. The van der Waals surface area contributed by atoms with Crippen LogP contribution in [0.4, 0.5) is 4.79 Å². The van der Waals surface area contributed by atoms with Gasteiger partial charge in [0.1, 0.15) is 0 Å². The first-order valence-corrected chi connectivity index (χ1v) is 7.53. The van der Waals surface area contributed by atoms with E-state index in [1.54, 1.807) is 0 Å². The van der Waals surface area contributed by atoms with E-state index in [-0.39, 0.29) is 18.2 Å². The standard InChI is InChI=1S/C14H27N3O2/c1-17(9-10-18)14(7-3-2-4-8-14)11-15-13(19)16-12-5-6-12/h12,18H,2-11H2,1H3,(H2,15,16,19). The molecular weight excluding hydrogens is 242 g/mol. The molecule has 110 valence electrons. The summed E-state index contributed by atoms with van der Waals surface area (Å²) < 4.78 is 0. The highest BCUT2D eigenvalue weighted by Gasteiger charge is 2.36. The van der Waals surface area contributed by atoms with E-state index in [1.165, 1.54) is 19.3 Å². The summed E-state index contributed by atoms with van der Waals surface area (Å²) in [6.45, 7) is 1.53. The zero-order valence-electron chi connectivity index (χ0n) is 12.0. The van der Waals surface area contributed by atoms with Crippen LogP contribution in [-0.2, 0) is 0 Å². The molecule has 19 heavy (non-hydrogen) atoms. The average molecular weight is 269 g/mol. The van der Waals surface area contributed by atoms with Gasteiger partial charge in [0.2, 0.25) is 0 Å². The predicted molar refractivity (Wildman–Crippen MR) is 75.1 cm³/mol. The second-order valence-corrected chi connectivity index (χ2v) is 6.03. The van der Waals surface area contributed by atoms with Crippen LogP contribution in [0.25, 0.3) is 0 Å². The smallest absolute Gasteiger partial charge is 0.315 e. The van der Waals surface area contributed by atoms with Gasteiger partial charge in [-0.1, -0.05) is 19.3 Å². The Morgan fingerprint density at radius 2 is 2.00 bits per heavy atom. The first-order chi connectivity index (χ1) is 9.16. The molecular formula is C14H27N3O2. The Morgan fingerprint density at radius 3 is 2.58 bits per heavy atom. The molecule has 0 saturated heterocycles. The summed E-state index contributed by atoms with van der Waals surface area (Å²) in [5.41, 5.74) is 0.0296. The van der Waals surface area contributed by atoms with Crippen LogP contribution >= 0.6 is 0 Å². The maximum atomic E-state index is 11.8. The molecule has 0 heterocycles. The molecule has 0 aromatic carbocycles. The van der Waals surface area contributed by atoms with E-state index in [0.29, 0.717) is 19.1 Å². The fourth-order valence-corrected chi connectivity index (χ4v) is 3.00. The molecule has 2 fully saturated rings. The number of nitrogens with zero attached hydrogens (tertiary/aromatic N) is 1. The first kappa shape index (κ1) is 14.6. The number of carbonyl (C=O) groups is 1. The van der Waals surface area contributed by atoms with Crippen LogP contribution in [0.5, 0.6) is 0 Å². The SMILES string of the molecule is CN(CCO)C1(CNC(=O)NC2CC2)CCCCC1. The molecule has 0 atom stereocenters. The molecule has 0 radical (unpaired) electrons. The van der Waals surface area contributed by atoms with E-state index >= 15 is 0 Å². The van der Waals surface area contributed by atoms with E-state index in [2.05, 4.69) is 22.6 Å². The summed E-state index contributed by atoms with van der Waals surface area (Å²) in [7, 11) is 2.06. The molecule has 0 spiro atoms. The lowest BCUT2D eigenvalue weighted by molar-refractivity contribution is 0.0601. The Kier molecular flexibility index (Phi) is 5.05. The molecule has 2 aliphatic rings. The molecule has 5 heteroatoms. The highest BCUT2D eigenvalue weighted by atomic mass is 16.3. The van der Waals surface area contributed by atoms with Crippen LogP contribution in [0.15, 0.2) is 0 Å². The minimum Gasteiger partial charge on any atom is -0.395 e. The first-order valence-electron chi connectivity index (χ1n) is 7.53. The zero-order valence-corrected chi connectivity index (χ0v) is 12.0. The van der Waals surface area contributed by atoms with Crippen LogP contribution in [0.1, 0.15) is 44.9 Å². The summed E-state index contributed by atoms with van der Waals surface area (Å²) in [4.78, 5) is 14.0. The highest BCUT2D eigenvalue weighted by Crippen LogP contribution is 2.32. The minimum atomic E-state index is -0.0372. The summed E-state index contributed by atoms with van der Waals surface area (Å²) in [5.74, 6) is 0. The van der Waals surface area contributed by atoms with E-state index < -0.39 is 0 Å². The van der Waals surface area contributed by atoms with Crippen molar-refractivity contribution in [3.05, 3.63) is 0 Å².